The number of nitrogens with one attached hydrogen (secondary N) is 1. The molecule has 0 aromatic heterocycles. The van der Waals surface area contributed by atoms with E-state index >= 15 is 0 Å². The number of aliphatic hydroxyl groups is 2. The van der Waals surface area contributed by atoms with Crippen molar-refractivity contribution >= 4 is 94.1 Å². The number of carbonyl (C=O) groups excluding carboxylic acids is 8. The van der Waals surface area contributed by atoms with Crippen LogP contribution >= 0.6 is 47.0 Å². The molecule has 0 spiro atoms. The Morgan fingerprint density at radius 3 is 1.10 bits per heavy atom. The fraction of sp³-hybridized carbons (Fsp3) is 0.333. The van der Waals surface area contributed by atoms with Crippen molar-refractivity contribution in [3.05, 3.63) is 190 Å². The van der Waals surface area contributed by atoms with Gasteiger partial charge in [0.25, 0.3) is 29.5 Å². The molecule has 22 heteroatoms. The third kappa shape index (κ3) is 25.3. The number of imide groups is 2. The summed E-state index contributed by atoms with van der Waals surface area (Å²) >= 11 is 6.68. The molecule has 8 rings (SSSR count). The first-order valence-electron chi connectivity index (χ1n) is 28.4. The van der Waals surface area contributed by atoms with Gasteiger partial charge in [0.1, 0.15) is 0 Å². The topological polar surface area (TPSA) is 269 Å². The van der Waals surface area contributed by atoms with Crippen LogP contribution < -0.4 is 11.1 Å². The number of benzene rings is 6. The number of nitrogens with two attached hydrogens (primary N) is 1. The van der Waals surface area contributed by atoms with Crippen LogP contribution in [0.4, 0.5) is 0 Å². The summed E-state index contributed by atoms with van der Waals surface area (Å²) in [4.78, 5) is 105. The number of nitrogens with zero attached hydrogens (tertiary/aromatic N) is 2. The number of ether oxygens (including phenoxy) is 2. The minimum atomic E-state index is -0.816. The number of aliphatic hydroxyl groups excluding tert-OH is 2. The van der Waals surface area contributed by atoms with Crippen molar-refractivity contribution < 1.29 is 68.1 Å². The van der Waals surface area contributed by atoms with E-state index in [2.05, 4.69) is 116 Å². The highest BCUT2D eigenvalue weighted by Crippen LogP contribution is 2.31. The Labute approximate surface area is 530 Å². The summed E-state index contributed by atoms with van der Waals surface area (Å²) < 4.78 is 9.91. The zero-order chi connectivity index (χ0) is 63.8. The lowest BCUT2D eigenvalue weighted by molar-refractivity contribution is -0.173. The molecule has 6 N–H and O–H groups in total. The van der Waals surface area contributed by atoms with Gasteiger partial charge in [0.05, 0.1) is 45.2 Å². The van der Waals surface area contributed by atoms with Crippen molar-refractivity contribution in [3.63, 3.8) is 0 Å². The number of rotatable bonds is 28. The van der Waals surface area contributed by atoms with Crippen molar-refractivity contribution in [1.29, 1.82) is 0 Å². The first kappa shape index (κ1) is 71.8. The van der Waals surface area contributed by atoms with Crippen LogP contribution in [-0.4, -0.2) is 148 Å². The van der Waals surface area contributed by atoms with E-state index in [0.717, 1.165) is 19.6 Å². The van der Waals surface area contributed by atoms with Crippen LogP contribution in [0.25, 0.3) is 0 Å². The molecule has 88 heavy (non-hydrogen) atoms. The van der Waals surface area contributed by atoms with Gasteiger partial charge in [0.2, 0.25) is 0 Å². The minimum absolute atomic E-state index is 0.0101. The Kier molecular flexibility index (Phi) is 31.9. The second kappa shape index (κ2) is 39.1. The first-order valence-corrected chi connectivity index (χ1v) is 32.4. The van der Waals surface area contributed by atoms with Gasteiger partial charge in [-0.25, -0.2) is 4.79 Å². The van der Waals surface area contributed by atoms with E-state index in [1.807, 2.05) is 13.8 Å². The molecule has 6 aromatic rings. The number of ketones is 2. The molecule has 468 valence electrons. The predicted molar refractivity (Wildman–Crippen MR) is 343 cm³/mol. The van der Waals surface area contributed by atoms with E-state index in [1.165, 1.54) is 34.4 Å². The van der Waals surface area contributed by atoms with E-state index < -0.39 is 29.6 Å². The summed E-state index contributed by atoms with van der Waals surface area (Å²) in [6, 6.07) is 46.2. The molecular weight excluding hydrogens is 1200 g/mol. The molecule has 2 heterocycles. The highest BCUT2D eigenvalue weighted by atomic mass is 32.2. The number of hydrogen-bond donors (Lipinski definition) is 5. The average Bonchev–Trinajstić information content (AvgIpc) is 4.19. The zero-order valence-corrected chi connectivity index (χ0v) is 53.0. The molecule has 6 aromatic carbocycles. The minimum Gasteiger partial charge on any atom is -0.394 e. The molecule has 0 atom stereocenters. The van der Waals surface area contributed by atoms with Crippen molar-refractivity contribution in [3.8, 4) is 0 Å². The highest BCUT2D eigenvalue weighted by molar-refractivity contribution is 8.00. The van der Waals surface area contributed by atoms with Crippen molar-refractivity contribution in [2.45, 2.75) is 73.0 Å². The third-order valence-corrected chi connectivity index (χ3v) is 17.6. The van der Waals surface area contributed by atoms with E-state index in [0.29, 0.717) is 77.7 Å². The molecule has 18 nitrogen and oxygen atoms in total. The second-order valence-corrected chi connectivity index (χ2v) is 24.4. The third-order valence-electron chi connectivity index (χ3n) is 12.9. The van der Waals surface area contributed by atoms with E-state index in [4.69, 9.17) is 35.5 Å². The maximum absolute atomic E-state index is 13.5. The van der Waals surface area contributed by atoms with Crippen LogP contribution in [0.2, 0.25) is 0 Å². The molecule has 2 saturated heterocycles. The second-order valence-electron chi connectivity index (χ2n) is 20.0. The summed E-state index contributed by atoms with van der Waals surface area (Å²) in [6.07, 6.45) is 0.356. The van der Waals surface area contributed by atoms with E-state index in [9.17, 15) is 38.4 Å². The Balaban J connectivity index is 0.000000259. The van der Waals surface area contributed by atoms with Crippen molar-refractivity contribution in [2.75, 3.05) is 75.7 Å². The maximum atomic E-state index is 13.5. The summed E-state index contributed by atoms with van der Waals surface area (Å²) in [5, 5.41) is 28.7. The summed E-state index contributed by atoms with van der Waals surface area (Å²) in [5.41, 5.74) is 11.6. The van der Waals surface area contributed by atoms with Gasteiger partial charge in [-0.1, -0.05) is 95.1 Å². The van der Waals surface area contributed by atoms with Gasteiger partial charge in [0.15, 0.2) is 11.6 Å². The fourth-order valence-corrected chi connectivity index (χ4v) is 12.1. The highest BCUT2D eigenvalue weighted by Gasteiger charge is 2.33. The molecule has 0 radical (unpaired) electrons. The van der Waals surface area contributed by atoms with Crippen LogP contribution in [0.3, 0.4) is 0 Å². The SMILES string of the molecule is Cc1ccc(SCC(CSc2ccc(C)cc2)C(=O)c2ccc(C(=O)NCCOCCO)cc2)cc1.Cc1ccc(SCC(CSc2ccc(C)cc2)C(=O)c2ccc(C(=O)ON3C(=O)CCC3=O)cc2)cc1.NCCOCCO.O=C1CCC(=O)N1O. The summed E-state index contributed by atoms with van der Waals surface area (Å²) in [7, 11) is 0. The van der Waals surface area contributed by atoms with Gasteiger partial charge in [-0.05, 0) is 100 Å². The van der Waals surface area contributed by atoms with Gasteiger partial charge >= 0.3 is 5.97 Å². The number of aryl methyl sites for hydroxylation is 4. The first-order chi connectivity index (χ1) is 42.4. The monoisotopic (exact) mass is 1280 g/mol. The number of carbonyl (C=O) groups is 8. The van der Waals surface area contributed by atoms with Crippen molar-refractivity contribution in [1.82, 2.24) is 15.4 Å². The van der Waals surface area contributed by atoms with Crippen molar-refractivity contribution in [2.24, 2.45) is 17.6 Å². The fourth-order valence-electron chi connectivity index (χ4n) is 7.87. The van der Waals surface area contributed by atoms with Gasteiger partial charge in [-0.15, -0.1) is 52.1 Å². The standard InChI is InChI=1S/C29H27NO5S2.C29H33NO4S2.C4H5NO3.C4H11NO2/c1-19-3-11-24(12-4-19)36-17-23(18-37-25-13-5-20(2)6-14-25)28(33)21-7-9-22(10-8-21)29(34)35-30-26(31)15-16-27(30)32;1-21-3-11-26(12-4-21)35-19-25(20-36-27-13-5-22(2)6-14-27)28(32)23-7-9-24(10-8-23)29(33)30-15-17-34-18-16-31;6-3-1-2-4(7)5(3)8;5-1-3-7-4-2-6/h3-14,23H,15-18H2,1-2H3;3-14,25,31H,15-20H2,1-2H3,(H,30,33);8H,1-2H2;6H,1-5H2. The quantitative estimate of drug-likeness (QED) is 0.0100. The molecule has 0 saturated carbocycles. The van der Waals surface area contributed by atoms with Crippen LogP contribution in [-0.2, 0) is 33.5 Å². The maximum Gasteiger partial charge on any atom is 0.363 e. The Morgan fingerprint density at radius 1 is 0.466 bits per heavy atom. The molecule has 2 fully saturated rings. The largest absolute Gasteiger partial charge is 0.394 e. The predicted octanol–water partition coefficient (Wildman–Crippen LogP) is 9.81. The number of hydrogen-bond acceptors (Lipinski definition) is 19. The smallest absolute Gasteiger partial charge is 0.363 e. The molecule has 2 aliphatic heterocycles. The van der Waals surface area contributed by atoms with Crippen LogP contribution in [0, 0.1) is 39.5 Å². The summed E-state index contributed by atoms with van der Waals surface area (Å²) in [5.74, 6) is -0.891. The number of thioether (sulfide) groups is 4. The van der Waals surface area contributed by atoms with Gasteiger partial charge in [0, 0.05) is 110 Å². The lowest BCUT2D eigenvalue weighted by Gasteiger charge is -2.16. The number of Topliss-reactive ketones (excluding diaryl/α,β-unsaturated/α-hetero) is 2. The van der Waals surface area contributed by atoms with Crippen LogP contribution in [0.15, 0.2) is 165 Å². The Hall–Kier alpha value is -6.96. The lowest BCUT2D eigenvalue weighted by Crippen LogP contribution is -2.32. The lowest BCUT2D eigenvalue weighted by atomic mass is 9.99. The molecule has 0 bridgehead atoms. The average molecular weight is 1280 g/mol. The van der Waals surface area contributed by atoms with E-state index in [1.54, 1.807) is 83.4 Å². The van der Waals surface area contributed by atoms with Crippen LogP contribution in [0.5, 0.6) is 0 Å². The molecule has 0 aliphatic carbocycles. The van der Waals surface area contributed by atoms with E-state index in [-0.39, 0.29) is 85.4 Å². The number of amides is 5. The number of hydroxylamine groups is 4. The molecule has 2 aliphatic rings. The molecular formula is C66H76N4O14S4. The Bertz CT molecular complexity index is 3060. The van der Waals surface area contributed by atoms with Gasteiger partial charge in [-0.3, -0.25) is 38.8 Å². The summed E-state index contributed by atoms with van der Waals surface area (Å²) in [6.45, 7) is 10.7. The van der Waals surface area contributed by atoms with Gasteiger partial charge in [-0.2, -0.15) is 5.06 Å². The van der Waals surface area contributed by atoms with Crippen LogP contribution in [0.1, 0.15) is 89.4 Å². The molecule has 5 amide bonds. The zero-order valence-electron chi connectivity index (χ0n) is 49.8. The van der Waals surface area contributed by atoms with Gasteiger partial charge < -0.3 is 35.6 Å². The Morgan fingerprint density at radius 2 is 0.784 bits per heavy atom. The molecule has 0 unspecified atom stereocenters. The normalized spacial score (nSPS) is 12.7.